The van der Waals surface area contributed by atoms with E-state index in [0.717, 1.165) is 11.1 Å². The topological polar surface area (TPSA) is 102 Å². The maximum atomic E-state index is 13.5. The number of nitro groups is 1. The zero-order chi connectivity index (χ0) is 22.2. The molecule has 0 radical (unpaired) electrons. The maximum absolute atomic E-state index is 13.5. The molecule has 2 heterocycles. The fourth-order valence-corrected chi connectivity index (χ4v) is 3.97. The number of benzene rings is 3. The number of nitro benzene ring substituents is 1. The van der Waals surface area contributed by atoms with Crippen molar-refractivity contribution >= 4 is 22.3 Å². The molecule has 1 aliphatic rings. The molecule has 32 heavy (non-hydrogen) atoms. The summed E-state index contributed by atoms with van der Waals surface area (Å²) in [5, 5.41) is 16.3. The lowest BCUT2D eigenvalue weighted by atomic mass is 9.93. The molecule has 5 rings (SSSR count). The lowest BCUT2D eigenvalue weighted by Gasteiger charge is -2.17. The number of para-hydroxylation sites is 1. The van der Waals surface area contributed by atoms with E-state index < -0.39 is 4.92 Å². The van der Waals surface area contributed by atoms with Gasteiger partial charge in [-0.15, -0.1) is 0 Å². The van der Waals surface area contributed by atoms with Gasteiger partial charge in [-0.1, -0.05) is 42.0 Å². The molecule has 0 amide bonds. The monoisotopic (exact) mass is 425 g/mol. The first-order chi connectivity index (χ1) is 15.5. The van der Waals surface area contributed by atoms with Crippen LogP contribution in [0.3, 0.4) is 0 Å². The van der Waals surface area contributed by atoms with Gasteiger partial charge in [0.15, 0.2) is 5.82 Å². The Morgan fingerprint density at radius 3 is 2.62 bits per heavy atom. The Labute approximate surface area is 183 Å². The molecule has 0 spiro atoms. The largest absolute Gasteiger partial charge is 0.309 e. The summed E-state index contributed by atoms with van der Waals surface area (Å²) in [5.74, 6) is 0.124. The predicted octanol–water partition coefficient (Wildman–Crippen LogP) is 3.69. The molecular formula is C24H19N5O3. The lowest BCUT2D eigenvalue weighted by Crippen LogP contribution is -2.29. The number of rotatable bonds is 4. The highest BCUT2D eigenvalue weighted by atomic mass is 16.6. The van der Waals surface area contributed by atoms with E-state index in [0.29, 0.717) is 34.7 Å². The number of aromatic nitrogens is 2. The quantitative estimate of drug-likeness (QED) is 0.397. The van der Waals surface area contributed by atoms with Crippen LogP contribution in [0, 0.1) is 17.0 Å². The summed E-state index contributed by atoms with van der Waals surface area (Å²) < 4.78 is 1.57. The van der Waals surface area contributed by atoms with E-state index in [2.05, 4.69) is 10.5 Å². The van der Waals surface area contributed by atoms with Crippen molar-refractivity contribution in [1.82, 2.24) is 15.0 Å². The molecule has 158 valence electrons. The second-order valence-electron chi connectivity index (χ2n) is 7.69. The molecule has 1 atom stereocenters. The molecule has 0 saturated carbocycles. The third-order valence-electron chi connectivity index (χ3n) is 5.61. The Kier molecular flexibility index (Phi) is 4.74. The highest BCUT2D eigenvalue weighted by Gasteiger charge is 2.30. The third kappa shape index (κ3) is 3.31. The summed E-state index contributed by atoms with van der Waals surface area (Å²) in [4.78, 5) is 29.2. The molecule has 8 nitrogen and oxygen atoms in total. The Morgan fingerprint density at radius 2 is 1.84 bits per heavy atom. The Balaban J connectivity index is 1.73. The van der Waals surface area contributed by atoms with Crippen LogP contribution in [0.2, 0.25) is 0 Å². The Bertz CT molecular complexity index is 1440. The number of non-ortho nitro benzene ring substituents is 1. The van der Waals surface area contributed by atoms with Crippen molar-refractivity contribution in [3.8, 4) is 5.69 Å². The average Bonchev–Trinajstić information content (AvgIpc) is 3.30. The van der Waals surface area contributed by atoms with Crippen molar-refractivity contribution in [3.63, 3.8) is 0 Å². The first kappa shape index (κ1) is 19.6. The molecule has 4 aromatic rings. The number of hydrogen-bond donors (Lipinski definition) is 1. The van der Waals surface area contributed by atoms with Crippen molar-refractivity contribution < 1.29 is 4.92 Å². The van der Waals surface area contributed by atoms with Gasteiger partial charge in [0, 0.05) is 18.7 Å². The molecule has 0 saturated heterocycles. The summed E-state index contributed by atoms with van der Waals surface area (Å²) in [6.07, 6.45) is 0. The van der Waals surface area contributed by atoms with Crippen molar-refractivity contribution in [2.24, 2.45) is 5.10 Å². The molecule has 8 heteroatoms. The lowest BCUT2D eigenvalue weighted by molar-refractivity contribution is -0.384. The molecular weight excluding hydrogens is 406 g/mol. The van der Waals surface area contributed by atoms with Crippen LogP contribution in [0.1, 0.15) is 22.9 Å². The molecule has 0 bridgehead atoms. The SMILES string of the molecule is Cc1ccc(-n2c(C3=NNCC3c3cccc([N+](=O)[O-])c3)nc3ccccc3c2=O)cc1. The summed E-state index contributed by atoms with van der Waals surface area (Å²) in [7, 11) is 0. The molecule has 3 aromatic carbocycles. The first-order valence-corrected chi connectivity index (χ1v) is 10.2. The van der Waals surface area contributed by atoms with Crippen LogP contribution in [-0.4, -0.2) is 26.7 Å². The summed E-state index contributed by atoms with van der Waals surface area (Å²) >= 11 is 0. The maximum Gasteiger partial charge on any atom is 0.269 e. The first-order valence-electron chi connectivity index (χ1n) is 10.2. The van der Waals surface area contributed by atoms with E-state index in [-0.39, 0.29) is 17.2 Å². The van der Waals surface area contributed by atoms with E-state index in [4.69, 9.17) is 4.98 Å². The minimum Gasteiger partial charge on any atom is -0.309 e. The summed E-state index contributed by atoms with van der Waals surface area (Å²) in [6.45, 7) is 2.43. The number of hydrogen-bond acceptors (Lipinski definition) is 6. The van der Waals surface area contributed by atoms with Crippen molar-refractivity contribution in [3.05, 3.63) is 110 Å². The fraction of sp³-hybridized carbons (Fsp3) is 0.125. The van der Waals surface area contributed by atoms with E-state index in [1.165, 1.54) is 6.07 Å². The van der Waals surface area contributed by atoms with Crippen molar-refractivity contribution in [2.75, 3.05) is 6.54 Å². The number of fused-ring (bicyclic) bond motifs is 1. The standard InChI is InChI=1S/C24H19N5O3/c1-15-9-11-17(12-10-15)28-23(26-21-8-3-2-7-19(21)24(28)30)22-20(14-25-27-22)16-5-4-6-18(13-16)29(31)32/h2-13,20,25H,14H2,1H3. The van der Waals surface area contributed by atoms with E-state index in [1.807, 2.05) is 49.4 Å². The van der Waals surface area contributed by atoms with Crippen LogP contribution in [0.15, 0.2) is 82.7 Å². The van der Waals surface area contributed by atoms with Crippen molar-refractivity contribution in [2.45, 2.75) is 12.8 Å². The average molecular weight is 425 g/mol. The summed E-state index contributed by atoms with van der Waals surface area (Å²) in [5.41, 5.74) is 6.43. The number of aryl methyl sites for hydroxylation is 1. The van der Waals surface area contributed by atoms with Crippen LogP contribution < -0.4 is 11.0 Å². The highest BCUT2D eigenvalue weighted by Crippen LogP contribution is 2.28. The number of hydrazone groups is 1. The van der Waals surface area contributed by atoms with Gasteiger partial charge in [-0.3, -0.25) is 19.5 Å². The van der Waals surface area contributed by atoms with Gasteiger partial charge in [0.05, 0.1) is 27.4 Å². The van der Waals surface area contributed by atoms with Crippen LogP contribution >= 0.6 is 0 Å². The summed E-state index contributed by atoms with van der Waals surface area (Å²) in [6, 6.07) is 21.3. The van der Waals surface area contributed by atoms with Crippen LogP contribution in [0.25, 0.3) is 16.6 Å². The van der Waals surface area contributed by atoms with Crippen molar-refractivity contribution in [1.29, 1.82) is 0 Å². The molecule has 1 unspecified atom stereocenters. The second-order valence-corrected chi connectivity index (χ2v) is 7.69. The van der Waals surface area contributed by atoms with Gasteiger partial charge in [-0.05, 0) is 36.8 Å². The van der Waals surface area contributed by atoms with Gasteiger partial charge >= 0.3 is 0 Å². The van der Waals surface area contributed by atoms with Crippen LogP contribution in [-0.2, 0) is 0 Å². The fourth-order valence-electron chi connectivity index (χ4n) is 3.97. The normalized spacial score (nSPS) is 15.4. The van der Waals surface area contributed by atoms with Gasteiger partial charge in [0.2, 0.25) is 0 Å². The Hall–Kier alpha value is -4.33. The van der Waals surface area contributed by atoms with Gasteiger partial charge in [-0.2, -0.15) is 5.10 Å². The highest BCUT2D eigenvalue weighted by molar-refractivity contribution is 6.05. The van der Waals surface area contributed by atoms with Gasteiger partial charge < -0.3 is 5.43 Å². The van der Waals surface area contributed by atoms with E-state index >= 15 is 0 Å². The van der Waals surface area contributed by atoms with E-state index in [1.54, 1.807) is 28.8 Å². The smallest absolute Gasteiger partial charge is 0.269 e. The van der Waals surface area contributed by atoms with Crippen LogP contribution in [0.5, 0.6) is 0 Å². The molecule has 1 aliphatic heterocycles. The Morgan fingerprint density at radius 1 is 1.06 bits per heavy atom. The van der Waals surface area contributed by atoms with Gasteiger partial charge in [0.25, 0.3) is 11.2 Å². The zero-order valence-electron chi connectivity index (χ0n) is 17.2. The zero-order valence-corrected chi connectivity index (χ0v) is 17.2. The molecule has 0 aliphatic carbocycles. The van der Waals surface area contributed by atoms with E-state index in [9.17, 15) is 14.9 Å². The predicted molar refractivity (Wildman–Crippen MR) is 122 cm³/mol. The molecule has 0 fully saturated rings. The molecule has 1 aromatic heterocycles. The third-order valence-corrected chi connectivity index (χ3v) is 5.61. The minimum absolute atomic E-state index is 0.0103. The van der Waals surface area contributed by atoms with Crippen LogP contribution in [0.4, 0.5) is 5.69 Å². The van der Waals surface area contributed by atoms with Gasteiger partial charge in [-0.25, -0.2) is 4.98 Å². The minimum atomic E-state index is -0.417. The number of nitrogens with one attached hydrogen (secondary N) is 1. The van der Waals surface area contributed by atoms with Gasteiger partial charge in [0.1, 0.15) is 5.71 Å². The molecule has 1 N–H and O–H groups in total. The second kappa shape index (κ2) is 7.73. The number of nitrogens with zero attached hydrogens (tertiary/aromatic N) is 4.